The highest BCUT2D eigenvalue weighted by molar-refractivity contribution is 5.79. The van der Waals surface area contributed by atoms with E-state index in [1.807, 2.05) is 37.4 Å². The van der Waals surface area contributed by atoms with E-state index in [0.29, 0.717) is 18.0 Å². The van der Waals surface area contributed by atoms with Gasteiger partial charge < -0.3 is 10.6 Å². The minimum atomic E-state index is 0.238. The van der Waals surface area contributed by atoms with Gasteiger partial charge in [-0.25, -0.2) is 0 Å². The van der Waals surface area contributed by atoms with Gasteiger partial charge in [-0.3, -0.25) is 4.79 Å². The minimum Gasteiger partial charge on any atom is -0.352 e. The second kappa shape index (κ2) is 4.97. The van der Waals surface area contributed by atoms with Crippen molar-refractivity contribution in [3.8, 4) is 0 Å². The van der Waals surface area contributed by atoms with Crippen LogP contribution in [0.5, 0.6) is 0 Å². The Labute approximate surface area is 114 Å². The molecule has 0 saturated heterocycles. The molecule has 102 valence electrons. The van der Waals surface area contributed by atoms with Crippen LogP contribution in [-0.2, 0) is 11.3 Å². The van der Waals surface area contributed by atoms with Gasteiger partial charge in [-0.15, -0.1) is 0 Å². The maximum absolute atomic E-state index is 12.1. The average Bonchev–Trinajstić information content (AvgIpc) is 2.34. The first kappa shape index (κ1) is 12.7. The highest BCUT2D eigenvalue weighted by Gasteiger charge is 2.54. The lowest BCUT2D eigenvalue weighted by Crippen LogP contribution is -2.56. The predicted molar refractivity (Wildman–Crippen MR) is 75.5 cm³/mol. The van der Waals surface area contributed by atoms with Crippen LogP contribution in [0.25, 0.3) is 0 Å². The topological polar surface area (TPSA) is 41.1 Å². The molecule has 2 aliphatic carbocycles. The first-order valence-corrected chi connectivity index (χ1v) is 7.20. The van der Waals surface area contributed by atoms with E-state index in [0.717, 1.165) is 12.8 Å². The molecule has 3 heteroatoms. The molecule has 0 aromatic heterocycles. The van der Waals surface area contributed by atoms with Gasteiger partial charge in [0.2, 0.25) is 5.91 Å². The van der Waals surface area contributed by atoms with Gasteiger partial charge in [0.1, 0.15) is 0 Å². The Morgan fingerprint density at radius 3 is 2.53 bits per heavy atom. The molecule has 2 fully saturated rings. The van der Waals surface area contributed by atoms with Crippen LogP contribution in [0.1, 0.15) is 31.2 Å². The fourth-order valence-electron chi connectivity index (χ4n) is 3.62. The van der Waals surface area contributed by atoms with E-state index in [-0.39, 0.29) is 11.8 Å². The van der Waals surface area contributed by atoms with Gasteiger partial charge in [0.15, 0.2) is 0 Å². The zero-order chi connectivity index (χ0) is 13.3. The van der Waals surface area contributed by atoms with Crippen molar-refractivity contribution in [3.63, 3.8) is 0 Å². The molecule has 2 aliphatic rings. The van der Waals surface area contributed by atoms with Crippen LogP contribution >= 0.6 is 0 Å². The lowest BCUT2D eigenvalue weighted by Gasteiger charge is -2.57. The molecule has 0 atom stereocenters. The summed E-state index contributed by atoms with van der Waals surface area (Å²) in [6, 6.07) is 10.8. The first-order chi connectivity index (χ1) is 9.21. The Bertz CT molecular complexity index is 443. The maximum Gasteiger partial charge on any atom is 0.223 e. The maximum atomic E-state index is 12.1. The van der Waals surface area contributed by atoms with Crippen LogP contribution in [0.2, 0.25) is 0 Å². The van der Waals surface area contributed by atoms with Crippen molar-refractivity contribution in [1.29, 1.82) is 0 Å². The lowest BCUT2D eigenvalue weighted by molar-refractivity contribution is -0.138. The van der Waals surface area contributed by atoms with Crippen LogP contribution < -0.4 is 10.6 Å². The third kappa shape index (κ3) is 2.52. The molecule has 2 N–H and O–H groups in total. The van der Waals surface area contributed by atoms with Crippen LogP contribution in [0.3, 0.4) is 0 Å². The summed E-state index contributed by atoms with van der Waals surface area (Å²) in [5.74, 6) is 0.490. The fraction of sp³-hybridized carbons (Fsp3) is 0.562. The second-order valence-corrected chi connectivity index (χ2v) is 6.20. The lowest BCUT2D eigenvalue weighted by atomic mass is 9.50. The molecule has 1 aromatic carbocycles. The van der Waals surface area contributed by atoms with Gasteiger partial charge >= 0.3 is 0 Å². The molecule has 3 nitrogen and oxygen atoms in total. The number of hydrogen-bond acceptors (Lipinski definition) is 2. The summed E-state index contributed by atoms with van der Waals surface area (Å²) in [5.41, 5.74) is 1.67. The van der Waals surface area contributed by atoms with Crippen molar-refractivity contribution in [2.45, 2.75) is 38.3 Å². The summed E-state index contributed by atoms with van der Waals surface area (Å²) < 4.78 is 0. The van der Waals surface area contributed by atoms with Crippen molar-refractivity contribution in [2.24, 2.45) is 11.3 Å². The summed E-state index contributed by atoms with van der Waals surface area (Å²) >= 11 is 0. The number of amides is 1. The smallest absolute Gasteiger partial charge is 0.223 e. The van der Waals surface area contributed by atoms with Gasteiger partial charge in [0.05, 0.1) is 0 Å². The molecule has 2 saturated carbocycles. The molecule has 0 heterocycles. The molecule has 0 bridgehead atoms. The molecule has 0 aliphatic heterocycles. The summed E-state index contributed by atoms with van der Waals surface area (Å²) in [6.07, 6.45) is 4.69. The van der Waals surface area contributed by atoms with Gasteiger partial charge in [0.25, 0.3) is 0 Å². The minimum absolute atomic E-state index is 0.238. The van der Waals surface area contributed by atoms with E-state index in [1.54, 1.807) is 0 Å². The molecule has 3 rings (SSSR count). The predicted octanol–water partition coefficient (Wildman–Crippen LogP) is 2.08. The van der Waals surface area contributed by atoms with Crippen molar-refractivity contribution in [1.82, 2.24) is 10.6 Å². The number of benzene rings is 1. The van der Waals surface area contributed by atoms with Crippen molar-refractivity contribution >= 4 is 5.91 Å². The summed E-state index contributed by atoms with van der Waals surface area (Å²) in [5, 5.41) is 6.37. The Hall–Kier alpha value is -1.35. The van der Waals surface area contributed by atoms with Gasteiger partial charge in [-0.1, -0.05) is 30.3 Å². The number of carbonyl (C=O) groups excluding carboxylic acids is 1. The summed E-state index contributed by atoms with van der Waals surface area (Å²) in [6.45, 7) is 0.655. The number of hydrogen-bond donors (Lipinski definition) is 2. The molecular formula is C16H22N2O. The summed E-state index contributed by atoms with van der Waals surface area (Å²) in [4.78, 5) is 12.1. The standard InChI is InChI=1S/C16H22N2O/c1-17-14-9-16(10-14)7-13(8-16)15(19)18-11-12-5-3-2-4-6-12/h2-6,13-14,17H,7-11H2,1H3,(H,18,19). The van der Waals surface area contributed by atoms with E-state index in [9.17, 15) is 4.79 Å². The van der Waals surface area contributed by atoms with Crippen molar-refractivity contribution < 1.29 is 4.79 Å². The first-order valence-electron chi connectivity index (χ1n) is 7.20. The zero-order valence-corrected chi connectivity index (χ0v) is 11.5. The van der Waals surface area contributed by atoms with E-state index in [2.05, 4.69) is 10.6 Å². The second-order valence-electron chi connectivity index (χ2n) is 6.20. The molecule has 1 spiro atoms. The quantitative estimate of drug-likeness (QED) is 0.868. The normalized spacial score (nSPS) is 32.5. The van der Waals surface area contributed by atoms with Crippen LogP contribution in [0.4, 0.5) is 0 Å². The van der Waals surface area contributed by atoms with Gasteiger partial charge in [0, 0.05) is 18.5 Å². The average molecular weight is 258 g/mol. The Morgan fingerprint density at radius 2 is 1.89 bits per heavy atom. The zero-order valence-electron chi connectivity index (χ0n) is 11.5. The van der Waals surface area contributed by atoms with Crippen molar-refractivity contribution in [2.75, 3.05) is 7.05 Å². The Morgan fingerprint density at radius 1 is 1.21 bits per heavy atom. The van der Waals surface area contributed by atoms with Gasteiger partial charge in [-0.05, 0) is 43.7 Å². The largest absolute Gasteiger partial charge is 0.352 e. The number of nitrogens with one attached hydrogen (secondary N) is 2. The molecule has 1 aromatic rings. The Balaban J connectivity index is 1.41. The number of carbonyl (C=O) groups is 1. The molecule has 19 heavy (non-hydrogen) atoms. The monoisotopic (exact) mass is 258 g/mol. The van der Waals surface area contributed by atoms with Crippen LogP contribution in [0.15, 0.2) is 30.3 Å². The molecule has 1 amide bonds. The van der Waals surface area contributed by atoms with E-state index in [1.165, 1.54) is 18.4 Å². The van der Waals surface area contributed by atoms with Crippen LogP contribution in [0, 0.1) is 11.3 Å². The molecular weight excluding hydrogens is 236 g/mol. The van der Waals surface area contributed by atoms with E-state index in [4.69, 9.17) is 0 Å². The molecule has 0 unspecified atom stereocenters. The third-order valence-corrected chi connectivity index (χ3v) is 4.81. The highest BCUT2D eigenvalue weighted by atomic mass is 16.1. The van der Waals surface area contributed by atoms with Gasteiger partial charge in [-0.2, -0.15) is 0 Å². The van der Waals surface area contributed by atoms with E-state index >= 15 is 0 Å². The highest BCUT2D eigenvalue weighted by Crippen LogP contribution is 2.58. The fourth-order valence-corrected chi connectivity index (χ4v) is 3.62. The third-order valence-electron chi connectivity index (χ3n) is 4.81. The summed E-state index contributed by atoms with van der Waals surface area (Å²) in [7, 11) is 2.03. The van der Waals surface area contributed by atoms with E-state index < -0.39 is 0 Å². The van der Waals surface area contributed by atoms with Crippen molar-refractivity contribution in [3.05, 3.63) is 35.9 Å². The SMILES string of the molecule is CNC1CC2(C1)CC(C(=O)NCc1ccccc1)C2. The van der Waals surface area contributed by atoms with Crippen LogP contribution in [-0.4, -0.2) is 19.0 Å². The Kier molecular flexibility index (Phi) is 3.31. The number of rotatable bonds is 4. The molecule has 0 radical (unpaired) electrons.